The number of hydrogen-bond donors (Lipinski definition) is 1. The summed E-state index contributed by atoms with van der Waals surface area (Å²) in [6.45, 7) is 2.75. The number of fused-ring (bicyclic) bond motifs is 1. The first-order chi connectivity index (χ1) is 15.5. The summed E-state index contributed by atoms with van der Waals surface area (Å²) >= 11 is 1.24. The van der Waals surface area contributed by atoms with E-state index >= 15 is 0 Å². The maximum absolute atomic E-state index is 13.1. The standard InChI is InChI=1S/C23H27N3O5S/c1-15(21(27)24-16-12-17(30-3)14-18(13-16)31-4)32-23-25-20-9-6-5-8-19(20)22(28)26(23)10-7-11-29-2/h5-6,8-9,12-15H,7,10-11H2,1-4H3,(H,24,27). The van der Waals surface area contributed by atoms with Crippen LogP contribution in [-0.4, -0.2) is 48.6 Å². The molecule has 1 amide bonds. The van der Waals surface area contributed by atoms with Crippen LogP contribution in [0.2, 0.25) is 0 Å². The van der Waals surface area contributed by atoms with Crippen LogP contribution in [0.5, 0.6) is 11.5 Å². The topological polar surface area (TPSA) is 91.7 Å². The maximum atomic E-state index is 13.1. The average molecular weight is 458 g/mol. The van der Waals surface area contributed by atoms with Crippen LogP contribution in [-0.2, 0) is 16.1 Å². The Labute approximate surface area is 190 Å². The lowest BCUT2D eigenvalue weighted by Gasteiger charge is -2.17. The summed E-state index contributed by atoms with van der Waals surface area (Å²) in [6, 6.07) is 12.4. The Morgan fingerprint density at radius 2 is 1.81 bits per heavy atom. The fraction of sp³-hybridized carbons (Fsp3) is 0.348. The zero-order valence-corrected chi connectivity index (χ0v) is 19.4. The molecule has 0 fully saturated rings. The molecule has 8 nitrogen and oxygen atoms in total. The minimum atomic E-state index is -0.506. The monoisotopic (exact) mass is 457 g/mol. The number of para-hydroxylation sites is 1. The lowest BCUT2D eigenvalue weighted by molar-refractivity contribution is -0.115. The van der Waals surface area contributed by atoms with E-state index in [0.29, 0.717) is 52.8 Å². The summed E-state index contributed by atoms with van der Waals surface area (Å²) in [4.78, 5) is 30.6. The third-order valence-corrected chi connectivity index (χ3v) is 5.92. The number of methoxy groups -OCH3 is 3. The number of nitrogens with one attached hydrogen (secondary N) is 1. The van der Waals surface area contributed by atoms with Gasteiger partial charge in [-0.3, -0.25) is 14.2 Å². The highest BCUT2D eigenvalue weighted by Crippen LogP contribution is 2.28. The zero-order chi connectivity index (χ0) is 23.1. The fourth-order valence-electron chi connectivity index (χ4n) is 3.14. The number of carbonyl (C=O) groups excluding carboxylic acids is 1. The quantitative estimate of drug-likeness (QED) is 0.283. The minimum absolute atomic E-state index is 0.126. The molecule has 0 spiro atoms. The molecule has 9 heteroatoms. The van der Waals surface area contributed by atoms with E-state index in [9.17, 15) is 9.59 Å². The van der Waals surface area contributed by atoms with Crippen LogP contribution in [0.4, 0.5) is 5.69 Å². The summed E-state index contributed by atoms with van der Waals surface area (Å²) in [5.41, 5.74) is 1.04. The van der Waals surface area contributed by atoms with Crippen molar-refractivity contribution in [3.8, 4) is 11.5 Å². The number of aromatic nitrogens is 2. The van der Waals surface area contributed by atoms with Crippen LogP contribution < -0.4 is 20.3 Å². The van der Waals surface area contributed by atoms with E-state index in [0.717, 1.165) is 0 Å². The van der Waals surface area contributed by atoms with Crippen molar-refractivity contribution in [3.63, 3.8) is 0 Å². The molecule has 2 aromatic carbocycles. The van der Waals surface area contributed by atoms with Gasteiger partial charge in [-0.25, -0.2) is 4.98 Å². The van der Waals surface area contributed by atoms with Crippen LogP contribution in [0, 0.1) is 0 Å². The molecule has 1 heterocycles. The molecule has 1 atom stereocenters. The van der Waals surface area contributed by atoms with Crippen molar-refractivity contribution >= 4 is 34.3 Å². The highest BCUT2D eigenvalue weighted by atomic mass is 32.2. The van der Waals surface area contributed by atoms with Crippen molar-refractivity contribution in [2.45, 2.75) is 30.3 Å². The molecule has 3 aromatic rings. The molecule has 3 rings (SSSR count). The van der Waals surface area contributed by atoms with Gasteiger partial charge in [0.2, 0.25) is 5.91 Å². The first kappa shape index (κ1) is 23.6. The molecule has 32 heavy (non-hydrogen) atoms. The molecule has 1 aromatic heterocycles. The van der Waals surface area contributed by atoms with E-state index < -0.39 is 5.25 Å². The second-order valence-corrected chi connectivity index (χ2v) is 8.37. The summed E-state index contributed by atoms with van der Waals surface area (Å²) in [6.07, 6.45) is 0.661. The number of ether oxygens (including phenoxy) is 3. The van der Waals surface area contributed by atoms with E-state index in [4.69, 9.17) is 14.2 Å². The predicted octanol–water partition coefficient (Wildman–Crippen LogP) is 3.57. The van der Waals surface area contributed by atoms with Crippen molar-refractivity contribution in [1.82, 2.24) is 9.55 Å². The molecule has 0 saturated heterocycles. The second kappa shape index (κ2) is 11.0. The summed E-state index contributed by atoms with van der Waals surface area (Å²) in [7, 11) is 4.72. The molecule has 170 valence electrons. The predicted molar refractivity (Wildman–Crippen MR) is 126 cm³/mol. The Kier molecular flexibility index (Phi) is 8.13. The van der Waals surface area contributed by atoms with Crippen molar-refractivity contribution < 1.29 is 19.0 Å². The van der Waals surface area contributed by atoms with Crippen LogP contribution in [0.15, 0.2) is 52.4 Å². The van der Waals surface area contributed by atoms with Gasteiger partial charge >= 0.3 is 0 Å². The number of amides is 1. The van der Waals surface area contributed by atoms with Crippen molar-refractivity contribution in [2.24, 2.45) is 0 Å². The van der Waals surface area contributed by atoms with E-state index in [1.54, 1.807) is 63.2 Å². The van der Waals surface area contributed by atoms with Gasteiger partial charge in [-0.2, -0.15) is 0 Å². The molecular formula is C23H27N3O5S. The molecule has 1 N–H and O–H groups in total. The van der Waals surface area contributed by atoms with Gasteiger partial charge in [-0.15, -0.1) is 0 Å². The number of nitrogens with zero attached hydrogens (tertiary/aromatic N) is 2. The van der Waals surface area contributed by atoms with Gasteiger partial charge in [-0.1, -0.05) is 23.9 Å². The van der Waals surface area contributed by atoms with Crippen LogP contribution >= 0.6 is 11.8 Å². The number of thioether (sulfide) groups is 1. The Morgan fingerprint density at radius 3 is 2.47 bits per heavy atom. The summed E-state index contributed by atoms with van der Waals surface area (Å²) in [5.74, 6) is 0.919. The lowest BCUT2D eigenvalue weighted by Crippen LogP contribution is -2.27. The van der Waals surface area contributed by atoms with E-state index in [-0.39, 0.29) is 11.5 Å². The number of rotatable bonds is 10. The minimum Gasteiger partial charge on any atom is -0.497 e. The summed E-state index contributed by atoms with van der Waals surface area (Å²) in [5, 5.41) is 3.42. The molecule has 0 saturated carbocycles. The van der Waals surface area contributed by atoms with Crippen LogP contribution in [0.3, 0.4) is 0 Å². The molecule has 1 unspecified atom stereocenters. The summed E-state index contributed by atoms with van der Waals surface area (Å²) < 4.78 is 17.3. The molecule has 0 aliphatic rings. The van der Waals surface area contributed by atoms with Crippen LogP contribution in [0.1, 0.15) is 13.3 Å². The number of hydrogen-bond acceptors (Lipinski definition) is 7. The zero-order valence-electron chi connectivity index (χ0n) is 18.6. The molecular weight excluding hydrogens is 430 g/mol. The fourth-order valence-corrected chi connectivity index (χ4v) is 4.07. The van der Waals surface area contributed by atoms with Crippen LogP contribution in [0.25, 0.3) is 10.9 Å². The van der Waals surface area contributed by atoms with Crippen molar-refractivity contribution in [2.75, 3.05) is 33.3 Å². The first-order valence-corrected chi connectivity index (χ1v) is 11.0. The third kappa shape index (κ3) is 5.60. The second-order valence-electron chi connectivity index (χ2n) is 7.07. The maximum Gasteiger partial charge on any atom is 0.262 e. The van der Waals surface area contributed by atoms with Gasteiger partial charge in [0.25, 0.3) is 5.56 Å². The highest BCUT2D eigenvalue weighted by Gasteiger charge is 2.20. The highest BCUT2D eigenvalue weighted by molar-refractivity contribution is 8.00. The molecule has 0 bridgehead atoms. The smallest absolute Gasteiger partial charge is 0.262 e. The molecule has 0 aliphatic heterocycles. The van der Waals surface area contributed by atoms with E-state index in [2.05, 4.69) is 10.3 Å². The van der Waals surface area contributed by atoms with E-state index in [1.807, 2.05) is 12.1 Å². The third-order valence-electron chi connectivity index (χ3n) is 4.83. The Morgan fingerprint density at radius 1 is 1.12 bits per heavy atom. The lowest BCUT2D eigenvalue weighted by atomic mass is 10.2. The Hall–Kier alpha value is -3.04. The number of carbonyl (C=O) groups is 1. The Balaban J connectivity index is 1.85. The molecule has 0 aliphatic carbocycles. The first-order valence-electron chi connectivity index (χ1n) is 10.2. The van der Waals surface area contributed by atoms with Gasteiger partial charge in [-0.05, 0) is 25.5 Å². The largest absolute Gasteiger partial charge is 0.497 e. The number of anilines is 1. The van der Waals surface area contributed by atoms with Gasteiger partial charge in [0.15, 0.2) is 5.16 Å². The average Bonchev–Trinajstić information content (AvgIpc) is 2.80. The normalized spacial score (nSPS) is 11.9. The molecule has 0 radical (unpaired) electrons. The number of benzene rings is 2. The van der Waals surface area contributed by atoms with Gasteiger partial charge < -0.3 is 19.5 Å². The van der Waals surface area contributed by atoms with Gasteiger partial charge in [0, 0.05) is 44.1 Å². The Bertz CT molecular complexity index is 1130. The van der Waals surface area contributed by atoms with Gasteiger partial charge in [0.05, 0.1) is 30.4 Å². The van der Waals surface area contributed by atoms with Gasteiger partial charge in [0.1, 0.15) is 11.5 Å². The van der Waals surface area contributed by atoms with Crippen molar-refractivity contribution in [3.05, 3.63) is 52.8 Å². The van der Waals surface area contributed by atoms with Crippen molar-refractivity contribution in [1.29, 1.82) is 0 Å². The van der Waals surface area contributed by atoms with E-state index in [1.165, 1.54) is 11.8 Å². The SMILES string of the molecule is COCCCn1c(SC(C)C(=O)Nc2cc(OC)cc(OC)c2)nc2ccccc2c1=O.